The summed E-state index contributed by atoms with van der Waals surface area (Å²) in [6, 6.07) is 7.67. The second-order valence-electron chi connectivity index (χ2n) is 4.79. The number of aliphatic hydroxyl groups excluding tert-OH is 1. The SMILES string of the molecule is COC1(C(O)Cc2ccccc2Cl)CCCC1. The Hall–Kier alpha value is -0.570. The highest BCUT2D eigenvalue weighted by atomic mass is 35.5. The van der Waals surface area contributed by atoms with Crippen LogP contribution in [-0.4, -0.2) is 23.9 Å². The van der Waals surface area contributed by atoms with Gasteiger partial charge in [-0.05, 0) is 24.5 Å². The largest absolute Gasteiger partial charge is 0.390 e. The smallest absolute Gasteiger partial charge is 0.0939 e. The van der Waals surface area contributed by atoms with Crippen molar-refractivity contribution in [3.05, 3.63) is 34.9 Å². The summed E-state index contributed by atoms with van der Waals surface area (Å²) in [6.45, 7) is 0. The maximum Gasteiger partial charge on any atom is 0.0939 e. The summed E-state index contributed by atoms with van der Waals surface area (Å²) < 4.78 is 5.58. The van der Waals surface area contributed by atoms with E-state index in [4.69, 9.17) is 16.3 Å². The third-order valence-corrected chi connectivity index (χ3v) is 4.20. The van der Waals surface area contributed by atoms with Crippen LogP contribution in [0.2, 0.25) is 5.02 Å². The molecule has 1 atom stereocenters. The normalized spacial score (nSPS) is 20.4. The van der Waals surface area contributed by atoms with Crippen LogP contribution in [0.25, 0.3) is 0 Å². The number of rotatable bonds is 4. The fraction of sp³-hybridized carbons (Fsp3) is 0.571. The summed E-state index contributed by atoms with van der Waals surface area (Å²) in [7, 11) is 1.70. The van der Waals surface area contributed by atoms with Gasteiger partial charge >= 0.3 is 0 Å². The summed E-state index contributed by atoms with van der Waals surface area (Å²) in [4.78, 5) is 0. The Bertz CT molecular complexity index is 372. The molecule has 1 aromatic rings. The molecule has 0 radical (unpaired) electrons. The van der Waals surface area contributed by atoms with E-state index >= 15 is 0 Å². The third kappa shape index (κ3) is 2.65. The van der Waals surface area contributed by atoms with Crippen molar-refractivity contribution >= 4 is 11.6 Å². The molecule has 0 aliphatic heterocycles. The molecular formula is C14H19ClO2. The summed E-state index contributed by atoms with van der Waals surface area (Å²) in [6.07, 6.45) is 4.23. The molecule has 1 aromatic carbocycles. The van der Waals surface area contributed by atoms with Crippen LogP contribution < -0.4 is 0 Å². The number of hydrogen-bond donors (Lipinski definition) is 1. The van der Waals surface area contributed by atoms with Crippen LogP contribution in [0.1, 0.15) is 31.2 Å². The van der Waals surface area contributed by atoms with Crippen LogP contribution in [-0.2, 0) is 11.2 Å². The monoisotopic (exact) mass is 254 g/mol. The minimum absolute atomic E-state index is 0.362. The molecule has 0 saturated heterocycles. The second kappa shape index (κ2) is 5.38. The van der Waals surface area contributed by atoms with E-state index in [2.05, 4.69) is 0 Å². The molecule has 0 amide bonds. The summed E-state index contributed by atoms with van der Waals surface area (Å²) in [5.41, 5.74) is 0.629. The lowest BCUT2D eigenvalue weighted by molar-refractivity contribution is -0.0971. The van der Waals surface area contributed by atoms with E-state index in [0.29, 0.717) is 6.42 Å². The Labute approximate surface area is 108 Å². The highest BCUT2D eigenvalue weighted by Crippen LogP contribution is 2.37. The summed E-state index contributed by atoms with van der Waals surface area (Å²) in [5.74, 6) is 0. The first-order chi connectivity index (χ1) is 8.18. The predicted molar refractivity (Wildman–Crippen MR) is 69.4 cm³/mol. The van der Waals surface area contributed by atoms with Crippen molar-refractivity contribution in [1.29, 1.82) is 0 Å². The Morgan fingerprint density at radius 3 is 2.59 bits per heavy atom. The zero-order valence-electron chi connectivity index (χ0n) is 10.2. The fourth-order valence-electron chi connectivity index (χ4n) is 2.71. The quantitative estimate of drug-likeness (QED) is 0.894. The molecule has 1 N–H and O–H groups in total. The van der Waals surface area contributed by atoms with Crippen LogP contribution in [0.5, 0.6) is 0 Å². The van der Waals surface area contributed by atoms with Crippen molar-refractivity contribution in [2.45, 2.75) is 43.8 Å². The van der Waals surface area contributed by atoms with Gasteiger partial charge in [0.05, 0.1) is 11.7 Å². The molecular weight excluding hydrogens is 236 g/mol. The van der Waals surface area contributed by atoms with Crippen molar-refractivity contribution in [2.24, 2.45) is 0 Å². The molecule has 1 aliphatic carbocycles. The third-order valence-electron chi connectivity index (χ3n) is 3.83. The van der Waals surface area contributed by atoms with Gasteiger partial charge in [-0.2, -0.15) is 0 Å². The Kier molecular flexibility index (Phi) is 4.08. The molecule has 1 unspecified atom stereocenters. The molecule has 1 saturated carbocycles. The number of ether oxygens (including phenoxy) is 1. The van der Waals surface area contributed by atoms with E-state index in [9.17, 15) is 5.11 Å². The van der Waals surface area contributed by atoms with Crippen LogP contribution in [0.4, 0.5) is 0 Å². The second-order valence-corrected chi connectivity index (χ2v) is 5.19. The van der Waals surface area contributed by atoms with Crippen LogP contribution in [0.15, 0.2) is 24.3 Å². The Morgan fingerprint density at radius 2 is 2.00 bits per heavy atom. The molecule has 2 nitrogen and oxygen atoms in total. The Balaban J connectivity index is 2.10. The van der Waals surface area contributed by atoms with Gasteiger partial charge < -0.3 is 9.84 Å². The molecule has 17 heavy (non-hydrogen) atoms. The van der Waals surface area contributed by atoms with Gasteiger partial charge in [-0.15, -0.1) is 0 Å². The van der Waals surface area contributed by atoms with Crippen molar-refractivity contribution < 1.29 is 9.84 Å². The van der Waals surface area contributed by atoms with Crippen molar-refractivity contribution in [3.8, 4) is 0 Å². The van der Waals surface area contributed by atoms with Crippen molar-refractivity contribution in [1.82, 2.24) is 0 Å². The maximum atomic E-state index is 10.4. The van der Waals surface area contributed by atoms with Gasteiger partial charge in [-0.3, -0.25) is 0 Å². The van der Waals surface area contributed by atoms with Gasteiger partial charge in [-0.25, -0.2) is 0 Å². The van der Waals surface area contributed by atoms with E-state index in [1.165, 1.54) is 0 Å². The van der Waals surface area contributed by atoms with Gasteiger partial charge in [0, 0.05) is 18.6 Å². The van der Waals surface area contributed by atoms with Crippen molar-refractivity contribution in [3.63, 3.8) is 0 Å². The summed E-state index contributed by atoms with van der Waals surface area (Å²) in [5, 5.41) is 11.1. The van der Waals surface area contributed by atoms with Gasteiger partial charge in [0.2, 0.25) is 0 Å². The highest BCUT2D eigenvalue weighted by Gasteiger charge is 2.40. The lowest BCUT2D eigenvalue weighted by atomic mass is 9.90. The summed E-state index contributed by atoms with van der Waals surface area (Å²) >= 11 is 6.11. The van der Waals surface area contributed by atoms with E-state index < -0.39 is 6.10 Å². The molecule has 1 fully saturated rings. The van der Waals surface area contributed by atoms with Crippen molar-refractivity contribution in [2.75, 3.05) is 7.11 Å². The molecule has 0 bridgehead atoms. The molecule has 2 rings (SSSR count). The molecule has 1 aliphatic rings. The van der Waals surface area contributed by atoms with Gasteiger partial charge in [0.15, 0.2) is 0 Å². The van der Waals surface area contributed by atoms with Crippen LogP contribution in [0.3, 0.4) is 0 Å². The van der Waals surface area contributed by atoms with E-state index in [1.807, 2.05) is 24.3 Å². The highest BCUT2D eigenvalue weighted by molar-refractivity contribution is 6.31. The number of benzene rings is 1. The molecule has 94 valence electrons. The molecule has 0 heterocycles. The maximum absolute atomic E-state index is 10.4. The van der Waals surface area contributed by atoms with Crippen LogP contribution in [0, 0.1) is 0 Å². The van der Waals surface area contributed by atoms with Crippen LogP contribution >= 0.6 is 11.6 Å². The van der Waals surface area contributed by atoms with Gasteiger partial charge in [0.1, 0.15) is 0 Å². The average molecular weight is 255 g/mol. The lowest BCUT2D eigenvalue weighted by Gasteiger charge is -2.33. The minimum atomic E-state index is -0.477. The first kappa shape index (κ1) is 12.9. The van der Waals surface area contributed by atoms with Gasteiger partial charge in [0.25, 0.3) is 0 Å². The van der Waals surface area contributed by atoms with Gasteiger partial charge in [-0.1, -0.05) is 42.6 Å². The topological polar surface area (TPSA) is 29.5 Å². The Morgan fingerprint density at radius 1 is 1.35 bits per heavy atom. The van der Waals surface area contributed by atoms with E-state index in [-0.39, 0.29) is 5.60 Å². The number of aliphatic hydroxyl groups is 1. The number of methoxy groups -OCH3 is 1. The predicted octanol–water partition coefficient (Wildman–Crippen LogP) is 3.20. The fourth-order valence-corrected chi connectivity index (χ4v) is 2.92. The lowest BCUT2D eigenvalue weighted by Crippen LogP contribution is -2.42. The zero-order valence-corrected chi connectivity index (χ0v) is 10.9. The van der Waals surface area contributed by atoms with E-state index in [0.717, 1.165) is 36.3 Å². The molecule has 3 heteroatoms. The zero-order chi connectivity index (χ0) is 12.3. The van der Waals surface area contributed by atoms with E-state index in [1.54, 1.807) is 7.11 Å². The number of halogens is 1. The molecule has 0 aromatic heterocycles. The average Bonchev–Trinajstić information content (AvgIpc) is 2.82. The first-order valence-corrected chi connectivity index (χ1v) is 6.52. The minimum Gasteiger partial charge on any atom is -0.390 e. The standard InChI is InChI=1S/C14H19ClO2/c1-17-14(8-4-5-9-14)13(16)10-11-6-2-3-7-12(11)15/h2-3,6-7,13,16H,4-5,8-10H2,1H3. The number of hydrogen-bond acceptors (Lipinski definition) is 2. The molecule has 0 spiro atoms. The first-order valence-electron chi connectivity index (χ1n) is 6.14.